The first-order valence-corrected chi connectivity index (χ1v) is 10.6. The Kier molecular flexibility index (Phi) is 6.63. The lowest BCUT2D eigenvalue weighted by molar-refractivity contribution is 0.0958. The fourth-order valence-corrected chi connectivity index (χ4v) is 4.16. The Morgan fingerprint density at radius 1 is 1.00 bits per heavy atom. The molecule has 1 heterocycles. The van der Waals surface area contributed by atoms with Crippen LogP contribution in [0.3, 0.4) is 0 Å². The first kappa shape index (κ1) is 21.1. The normalized spacial score (nSPS) is 14.9. The van der Waals surface area contributed by atoms with E-state index in [9.17, 15) is 9.18 Å². The second kappa shape index (κ2) is 9.75. The Labute approximate surface area is 182 Å². The van der Waals surface area contributed by atoms with Gasteiger partial charge in [-0.25, -0.2) is 4.39 Å². The van der Waals surface area contributed by atoms with E-state index in [1.54, 1.807) is 7.11 Å². The van der Waals surface area contributed by atoms with E-state index in [4.69, 9.17) is 4.74 Å². The minimum atomic E-state index is -0.212. The average molecular weight is 419 g/mol. The number of methoxy groups -OCH3 is 1. The summed E-state index contributed by atoms with van der Waals surface area (Å²) in [6, 6.07) is 23.9. The number of amides is 1. The zero-order valence-corrected chi connectivity index (χ0v) is 17.7. The predicted octanol–water partition coefficient (Wildman–Crippen LogP) is 5.15. The Morgan fingerprint density at radius 3 is 2.39 bits per heavy atom. The molecular formula is C26H27FN2O2. The second-order valence-electron chi connectivity index (χ2n) is 7.88. The fraction of sp³-hybridized carbons (Fsp3) is 0.269. The third-order valence-electron chi connectivity index (χ3n) is 5.81. The Hall–Kier alpha value is -3.18. The van der Waals surface area contributed by atoms with E-state index < -0.39 is 0 Å². The predicted molar refractivity (Wildman–Crippen MR) is 121 cm³/mol. The van der Waals surface area contributed by atoms with Crippen LogP contribution in [0.25, 0.3) is 0 Å². The van der Waals surface area contributed by atoms with Gasteiger partial charge in [-0.05, 0) is 54.8 Å². The van der Waals surface area contributed by atoms with Gasteiger partial charge in [-0.15, -0.1) is 0 Å². The third kappa shape index (κ3) is 5.12. The van der Waals surface area contributed by atoms with Gasteiger partial charge in [0.25, 0.3) is 5.91 Å². The summed E-state index contributed by atoms with van der Waals surface area (Å²) in [5, 5.41) is 0. The first-order valence-electron chi connectivity index (χ1n) is 10.6. The molecule has 3 aromatic carbocycles. The van der Waals surface area contributed by atoms with Crippen LogP contribution in [0, 0.1) is 5.82 Å². The van der Waals surface area contributed by atoms with Gasteiger partial charge in [-0.1, -0.05) is 36.4 Å². The SMILES string of the molecule is COc1cccc(N(C(=O)c2ccccc2)C2CCN(Cc3ccc(F)cc3)CC2)c1. The van der Waals surface area contributed by atoms with Crippen LogP contribution in [0.5, 0.6) is 5.75 Å². The zero-order chi connectivity index (χ0) is 21.6. The quantitative estimate of drug-likeness (QED) is 0.555. The van der Waals surface area contributed by atoms with Crippen LogP contribution in [-0.4, -0.2) is 37.0 Å². The molecule has 4 rings (SSSR count). The van der Waals surface area contributed by atoms with Gasteiger partial charge in [0.1, 0.15) is 11.6 Å². The van der Waals surface area contributed by atoms with E-state index in [0.29, 0.717) is 5.56 Å². The number of nitrogens with zero attached hydrogens (tertiary/aromatic N) is 2. The molecule has 0 aliphatic carbocycles. The Morgan fingerprint density at radius 2 is 1.71 bits per heavy atom. The fourth-order valence-electron chi connectivity index (χ4n) is 4.16. The smallest absolute Gasteiger partial charge is 0.258 e. The molecule has 4 nitrogen and oxygen atoms in total. The number of ether oxygens (including phenoxy) is 1. The lowest BCUT2D eigenvalue weighted by atomic mass is 10.00. The van der Waals surface area contributed by atoms with E-state index in [1.807, 2.05) is 71.6 Å². The number of carbonyl (C=O) groups excluding carboxylic acids is 1. The summed E-state index contributed by atoms with van der Waals surface area (Å²) in [6.07, 6.45) is 1.74. The maximum atomic E-state index is 13.5. The molecule has 0 unspecified atom stereocenters. The number of likely N-dealkylation sites (tertiary alicyclic amines) is 1. The van der Waals surface area contributed by atoms with Crippen LogP contribution in [0.2, 0.25) is 0 Å². The lowest BCUT2D eigenvalue weighted by Gasteiger charge is -2.38. The molecule has 5 heteroatoms. The molecule has 0 saturated carbocycles. The van der Waals surface area contributed by atoms with E-state index in [-0.39, 0.29) is 17.8 Å². The number of hydrogen-bond donors (Lipinski definition) is 0. The topological polar surface area (TPSA) is 32.8 Å². The number of benzene rings is 3. The summed E-state index contributed by atoms with van der Waals surface area (Å²) in [7, 11) is 1.64. The highest BCUT2D eigenvalue weighted by Gasteiger charge is 2.30. The highest BCUT2D eigenvalue weighted by Crippen LogP contribution is 2.29. The van der Waals surface area contributed by atoms with Gasteiger partial charge < -0.3 is 9.64 Å². The van der Waals surface area contributed by atoms with E-state index in [0.717, 1.165) is 49.5 Å². The monoisotopic (exact) mass is 418 g/mol. The molecule has 0 N–H and O–H groups in total. The average Bonchev–Trinajstić information content (AvgIpc) is 2.82. The molecule has 0 atom stereocenters. The van der Waals surface area contributed by atoms with Crippen molar-refractivity contribution in [1.82, 2.24) is 4.90 Å². The van der Waals surface area contributed by atoms with Gasteiger partial charge in [0.15, 0.2) is 0 Å². The molecule has 1 aliphatic heterocycles. The standard InChI is InChI=1S/C26H27FN2O2/c1-31-25-9-5-8-24(18-25)29(26(30)21-6-3-2-4-7-21)23-14-16-28(17-15-23)19-20-10-12-22(27)13-11-20/h2-13,18,23H,14-17,19H2,1H3. The summed E-state index contributed by atoms with van der Waals surface area (Å²) >= 11 is 0. The van der Waals surface area contributed by atoms with Crippen LogP contribution >= 0.6 is 0 Å². The molecule has 0 radical (unpaired) electrons. The number of hydrogen-bond acceptors (Lipinski definition) is 3. The summed E-state index contributed by atoms with van der Waals surface area (Å²) in [4.78, 5) is 17.8. The maximum absolute atomic E-state index is 13.5. The van der Waals surface area contributed by atoms with Crippen molar-refractivity contribution in [3.63, 3.8) is 0 Å². The van der Waals surface area contributed by atoms with Crippen molar-refractivity contribution in [2.24, 2.45) is 0 Å². The largest absolute Gasteiger partial charge is 0.497 e. The molecular weight excluding hydrogens is 391 g/mol. The summed E-state index contributed by atoms with van der Waals surface area (Å²) in [6.45, 7) is 2.55. The minimum absolute atomic E-state index is 0.00541. The first-order chi connectivity index (χ1) is 15.1. The highest BCUT2D eigenvalue weighted by molar-refractivity contribution is 6.06. The van der Waals surface area contributed by atoms with Gasteiger partial charge in [0.2, 0.25) is 0 Å². The molecule has 1 aliphatic rings. The van der Waals surface area contributed by atoms with Crippen LogP contribution in [0.4, 0.5) is 10.1 Å². The molecule has 1 amide bonds. The van der Waals surface area contributed by atoms with Gasteiger partial charge in [-0.3, -0.25) is 9.69 Å². The lowest BCUT2D eigenvalue weighted by Crippen LogP contribution is -2.47. The van der Waals surface area contributed by atoms with Crippen molar-refractivity contribution < 1.29 is 13.9 Å². The molecule has 0 bridgehead atoms. The van der Waals surface area contributed by atoms with Crippen LogP contribution in [0.15, 0.2) is 78.9 Å². The number of piperidine rings is 1. The number of carbonyl (C=O) groups is 1. The second-order valence-corrected chi connectivity index (χ2v) is 7.88. The Balaban J connectivity index is 1.52. The molecule has 3 aromatic rings. The van der Waals surface area contributed by atoms with E-state index in [1.165, 1.54) is 12.1 Å². The van der Waals surface area contributed by atoms with Crippen molar-refractivity contribution in [2.75, 3.05) is 25.1 Å². The molecule has 0 aromatic heterocycles. The van der Waals surface area contributed by atoms with Gasteiger partial charge >= 0.3 is 0 Å². The summed E-state index contributed by atoms with van der Waals surface area (Å²) < 4.78 is 18.6. The maximum Gasteiger partial charge on any atom is 0.258 e. The van der Waals surface area contributed by atoms with Gasteiger partial charge in [0.05, 0.1) is 7.11 Å². The summed E-state index contributed by atoms with van der Waals surface area (Å²) in [5.41, 5.74) is 2.63. The molecule has 160 valence electrons. The zero-order valence-electron chi connectivity index (χ0n) is 17.7. The summed E-state index contributed by atoms with van der Waals surface area (Å²) in [5.74, 6) is 0.527. The van der Waals surface area contributed by atoms with Crippen molar-refractivity contribution in [3.8, 4) is 5.75 Å². The van der Waals surface area contributed by atoms with Crippen LogP contribution in [-0.2, 0) is 6.54 Å². The molecule has 0 spiro atoms. The number of anilines is 1. The molecule has 1 saturated heterocycles. The van der Waals surface area contributed by atoms with Gasteiger partial charge in [0, 0.05) is 43.0 Å². The van der Waals surface area contributed by atoms with E-state index in [2.05, 4.69) is 4.90 Å². The van der Waals surface area contributed by atoms with Crippen molar-refractivity contribution in [1.29, 1.82) is 0 Å². The van der Waals surface area contributed by atoms with Crippen molar-refractivity contribution >= 4 is 11.6 Å². The molecule has 1 fully saturated rings. The Bertz CT molecular complexity index is 999. The van der Waals surface area contributed by atoms with Crippen molar-refractivity contribution in [3.05, 3.63) is 95.8 Å². The number of rotatable bonds is 6. The van der Waals surface area contributed by atoms with E-state index >= 15 is 0 Å². The van der Waals surface area contributed by atoms with Gasteiger partial charge in [-0.2, -0.15) is 0 Å². The minimum Gasteiger partial charge on any atom is -0.497 e. The molecule has 31 heavy (non-hydrogen) atoms. The number of halogens is 1. The van der Waals surface area contributed by atoms with Crippen molar-refractivity contribution in [2.45, 2.75) is 25.4 Å². The van der Waals surface area contributed by atoms with Crippen LogP contribution in [0.1, 0.15) is 28.8 Å². The highest BCUT2D eigenvalue weighted by atomic mass is 19.1. The van der Waals surface area contributed by atoms with Crippen LogP contribution < -0.4 is 9.64 Å². The third-order valence-corrected chi connectivity index (χ3v) is 5.81.